The lowest BCUT2D eigenvalue weighted by molar-refractivity contribution is 0.217. The fourth-order valence-electron chi connectivity index (χ4n) is 1.79. The standard InChI is InChI=1S/C13H21NO5S/c1-17-6-7-20(15,16)9-12(14)11-8-10(18-2)4-5-13(11)19-3/h4-5,8,12H,6-7,9,14H2,1-3H3. The van der Waals surface area contributed by atoms with Gasteiger partial charge in [0, 0.05) is 18.7 Å². The Kier molecular flexibility index (Phi) is 6.25. The Labute approximate surface area is 119 Å². The summed E-state index contributed by atoms with van der Waals surface area (Å²) in [7, 11) is 1.22. The average Bonchev–Trinajstić information content (AvgIpc) is 2.43. The molecule has 1 atom stereocenters. The maximum Gasteiger partial charge on any atom is 0.154 e. The van der Waals surface area contributed by atoms with E-state index in [0.717, 1.165) is 0 Å². The SMILES string of the molecule is COCCS(=O)(=O)CC(N)c1cc(OC)ccc1OC. The lowest BCUT2D eigenvalue weighted by Gasteiger charge is -2.17. The zero-order chi connectivity index (χ0) is 15.2. The lowest BCUT2D eigenvalue weighted by atomic mass is 10.1. The minimum Gasteiger partial charge on any atom is -0.497 e. The topological polar surface area (TPSA) is 87.9 Å². The van der Waals surface area contributed by atoms with E-state index in [1.165, 1.54) is 21.3 Å². The van der Waals surface area contributed by atoms with Crippen molar-refractivity contribution in [1.29, 1.82) is 0 Å². The van der Waals surface area contributed by atoms with Crippen LogP contribution < -0.4 is 15.2 Å². The Morgan fingerprint density at radius 2 is 1.90 bits per heavy atom. The van der Waals surface area contributed by atoms with Crippen LogP contribution in [-0.2, 0) is 14.6 Å². The molecule has 1 aromatic rings. The van der Waals surface area contributed by atoms with Crippen LogP contribution in [0.25, 0.3) is 0 Å². The van der Waals surface area contributed by atoms with Crippen molar-refractivity contribution < 1.29 is 22.6 Å². The van der Waals surface area contributed by atoms with E-state index in [2.05, 4.69) is 0 Å². The number of methoxy groups -OCH3 is 3. The third-order valence-corrected chi connectivity index (χ3v) is 4.52. The number of hydrogen-bond acceptors (Lipinski definition) is 6. The second kappa shape index (κ2) is 7.47. The smallest absolute Gasteiger partial charge is 0.154 e. The van der Waals surface area contributed by atoms with Crippen LogP contribution in [0, 0.1) is 0 Å². The van der Waals surface area contributed by atoms with E-state index in [1.54, 1.807) is 18.2 Å². The molecule has 0 aliphatic heterocycles. The zero-order valence-corrected chi connectivity index (χ0v) is 12.8. The van der Waals surface area contributed by atoms with Gasteiger partial charge in [-0.25, -0.2) is 8.42 Å². The van der Waals surface area contributed by atoms with E-state index in [4.69, 9.17) is 19.9 Å². The van der Waals surface area contributed by atoms with E-state index >= 15 is 0 Å². The lowest BCUT2D eigenvalue weighted by Crippen LogP contribution is -2.25. The molecule has 0 spiro atoms. The Morgan fingerprint density at radius 1 is 1.20 bits per heavy atom. The molecule has 0 saturated heterocycles. The molecule has 20 heavy (non-hydrogen) atoms. The van der Waals surface area contributed by atoms with Gasteiger partial charge in [-0.15, -0.1) is 0 Å². The van der Waals surface area contributed by atoms with Crippen LogP contribution in [0.4, 0.5) is 0 Å². The minimum atomic E-state index is -3.28. The third kappa shape index (κ3) is 4.66. The van der Waals surface area contributed by atoms with Crippen molar-refractivity contribution >= 4 is 9.84 Å². The van der Waals surface area contributed by atoms with Gasteiger partial charge < -0.3 is 19.9 Å². The van der Waals surface area contributed by atoms with Gasteiger partial charge >= 0.3 is 0 Å². The Bertz CT molecular complexity index is 530. The molecule has 0 aliphatic carbocycles. The third-order valence-electron chi connectivity index (χ3n) is 2.87. The first-order chi connectivity index (χ1) is 9.43. The van der Waals surface area contributed by atoms with Crippen molar-refractivity contribution in [3.05, 3.63) is 23.8 Å². The van der Waals surface area contributed by atoms with Crippen LogP contribution >= 0.6 is 0 Å². The summed E-state index contributed by atoms with van der Waals surface area (Å²) in [6, 6.07) is 4.45. The molecule has 7 heteroatoms. The minimum absolute atomic E-state index is 0.0521. The highest BCUT2D eigenvalue weighted by Crippen LogP contribution is 2.29. The highest BCUT2D eigenvalue weighted by atomic mass is 32.2. The summed E-state index contributed by atoms with van der Waals surface area (Å²) >= 11 is 0. The first-order valence-electron chi connectivity index (χ1n) is 6.10. The highest BCUT2D eigenvalue weighted by molar-refractivity contribution is 7.91. The van der Waals surface area contributed by atoms with Crippen LogP contribution in [0.1, 0.15) is 11.6 Å². The van der Waals surface area contributed by atoms with Gasteiger partial charge in [0.25, 0.3) is 0 Å². The van der Waals surface area contributed by atoms with Crippen LogP contribution in [0.15, 0.2) is 18.2 Å². The molecule has 2 N–H and O–H groups in total. The molecule has 1 aromatic carbocycles. The van der Waals surface area contributed by atoms with Crippen molar-refractivity contribution in [2.45, 2.75) is 6.04 Å². The number of ether oxygens (including phenoxy) is 3. The molecule has 0 amide bonds. The largest absolute Gasteiger partial charge is 0.497 e. The van der Waals surface area contributed by atoms with Crippen LogP contribution in [0.3, 0.4) is 0 Å². The van der Waals surface area contributed by atoms with Crippen LogP contribution in [-0.4, -0.2) is 47.9 Å². The predicted molar refractivity (Wildman–Crippen MR) is 77.0 cm³/mol. The molecule has 0 bridgehead atoms. The number of sulfone groups is 1. The quantitative estimate of drug-likeness (QED) is 0.763. The second-order valence-corrected chi connectivity index (χ2v) is 6.55. The van der Waals surface area contributed by atoms with Crippen molar-refractivity contribution in [2.75, 3.05) is 39.4 Å². The van der Waals surface area contributed by atoms with Crippen molar-refractivity contribution in [3.63, 3.8) is 0 Å². The van der Waals surface area contributed by atoms with Crippen molar-refractivity contribution in [3.8, 4) is 11.5 Å². The number of benzene rings is 1. The molecule has 1 unspecified atom stereocenters. The molecule has 0 radical (unpaired) electrons. The predicted octanol–water partition coefficient (Wildman–Crippen LogP) is 0.765. The zero-order valence-electron chi connectivity index (χ0n) is 12.0. The average molecular weight is 303 g/mol. The molecule has 1 rings (SSSR count). The first-order valence-corrected chi connectivity index (χ1v) is 7.92. The van der Waals surface area contributed by atoms with Crippen LogP contribution in [0.5, 0.6) is 11.5 Å². The Balaban J connectivity index is 2.93. The number of rotatable bonds is 8. The molecular formula is C13H21NO5S. The fourth-order valence-corrected chi connectivity index (χ4v) is 3.10. The fraction of sp³-hybridized carbons (Fsp3) is 0.538. The summed E-state index contributed by atoms with van der Waals surface area (Å²) in [6.45, 7) is 0.157. The summed E-state index contributed by atoms with van der Waals surface area (Å²) < 4.78 is 38.9. The van der Waals surface area contributed by atoms with Gasteiger partial charge in [0.05, 0.1) is 32.3 Å². The highest BCUT2D eigenvalue weighted by Gasteiger charge is 2.20. The van der Waals surface area contributed by atoms with Gasteiger partial charge in [0.2, 0.25) is 0 Å². The molecule has 0 aliphatic rings. The molecule has 0 aromatic heterocycles. The molecule has 0 heterocycles. The second-order valence-electron chi connectivity index (χ2n) is 4.32. The van der Waals surface area contributed by atoms with Gasteiger partial charge in [-0.3, -0.25) is 0 Å². The molecule has 0 saturated carbocycles. The normalized spacial score (nSPS) is 13.0. The van der Waals surface area contributed by atoms with Gasteiger partial charge in [0.1, 0.15) is 11.5 Å². The maximum atomic E-state index is 11.9. The Hall–Kier alpha value is -1.31. The van der Waals surface area contributed by atoms with Crippen molar-refractivity contribution in [1.82, 2.24) is 0 Å². The van der Waals surface area contributed by atoms with E-state index in [-0.39, 0.29) is 18.1 Å². The van der Waals surface area contributed by atoms with Crippen LogP contribution in [0.2, 0.25) is 0 Å². The monoisotopic (exact) mass is 303 g/mol. The molecule has 6 nitrogen and oxygen atoms in total. The number of hydrogen-bond donors (Lipinski definition) is 1. The number of nitrogens with two attached hydrogens (primary N) is 1. The van der Waals surface area contributed by atoms with Gasteiger partial charge in [-0.1, -0.05) is 0 Å². The van der Waals surface area contributed by atoms with E-state index < -0.39 is 15.9 Å². The van der Waals surface area contributed by atoms with Crippen molar-refractivity contribution in [2.24, 2.45) is 5.73 Å². The summed E-state index contributed by atoms with van der Waals surface area (Å²) in [5, 5.41) is 0. The van der Waals surface area contributed by atoms with E-state index in [9.17, 15) is 8.42 Å². The molecule has 0 fully saturated rings. The van der Waals surface area contributed by atoms with Gasteiger partial charge in [-0.2, -0.15) is 0 Å². The molecular weight excluding hydrogens is 282 g/mol. The summed E-state index contributed by atoms with van der Waals surface area (Å²) in [4.78, 5) is 0. The van der Waals surface area contributed by atoms with E-state index in [0.29, 0.717) is 17.1 Å². The summed E-state index contributed by atoms with van der Waals surface area (Å²) in [5.41, 5.74) is 6.60. The Morgan fingerprint density at radius 3 is 2.45 bits per heavy atom. The molecule has 114 valence electrons. The van der Waals surface area contributed by atoms with E-state index in [1.807, 2.05) is 0 Å². The summed E-state index contributed by atoms with van der Waals surface area (Å²) in [5.74, 6) is 0.925. The van der Waals surface area contributed by atoms with Gasteiger partial charge in [-0.05, 0) is 18.2 Å². The summed E-state index contributed by atoms with van der Waals surface area (Å²) in [6.07, 6.45) is 0. The maximum absolute atomic E-state index is 11.9. The van der Waals surface area contributed by atoms with Gasteiger partial charge in [0.15, 0.2) is 9.84 Å². The first kappa shape index (κ1) is 16.7.